The Labute approximate surface area is 138 Å². The minimum absolute atomic E-state index is 0.0443. The van der Waals surface area contributed by atoms with Crippen molar-refractivity contribution < 1.29 is 20.1 Å². The van der Waals surface area contributed by atoms with Crippen molar-refractivity contribution in [1.82, 2.24) is 0 Å². The zero-order valence-corrected chi connectivity index (χ0v) is 13.4. The van der Waals surface area contributed by atoms with Crippen LogP contribution in [0.3, 0.4) is 0 Å². The molecule has 0 spiro atoms. The highest BCUT2D eigenvalue weighted by Gasteiger charge is 2.11. The topological polar surface area (TPSA) is 90.1 Å². The maximum atomic E-state index is 12.0. The lowest BCUT2D eigenvalue weighted by atomic mass is 10.0. The van der Waals surface area contributed by atoms with Crippen LogP contribution in [-0.2, 0) is 0 Å². The highest BCUT2D eigenvalue weighted by Crippen LogP contribution is 2.29. The van der Waals surface area contributed by atoms with E-state index in [1.54, 1.807) is 13.8 Å². The van der Waals surface area contributed by atoms with Gasteiger partial charge in [-0.25, -0.2) is 0 Å². The van der Waals surface area contributed by atoms with Gasteiger partial charge in [0.15, 0.2) is 17.3 Å². The van der Waals surface area contributed by atoms with Crippen molar-refractivity contribution in [2.45, 2.75) is 13.8 Å². The Morgan fingerprint density at radius 3 is 2.48 bits per heavy atom. The summed E-state index contributed by atoms with van der Waals surface area (Å²) in [6.07, 6.45) is 1.40. The average molecular weight is 334 g/mol. The molecular formula is C17H16ClNO4. The number of halogens is 1. The second-order valence-corrected chi connectivity index (χ2v) is 5.54. The van der Waals surface area contributed by atoms with Crippen molar-refractivity contribution in [2.24, 2.45) is 4.99 Å². The third-order valence-electron chi connectivity index (χ3n) is 3.46. The number of phenols is 3. The number of ketones is 1. The summed E-state index contributed by atoms with van der Waals surface area (Å²) in [7, 11) is 0. The average Bonchev–Trinajstić information content (AvgIpc) is 2.51. The molecule has 0 fully saturated rings. The lowest BCUT2D eigenvalue weighted by Crippen LogP contribution is -2.04. The van der Waals surface area contributed by atoms with Crippen LogP contribution in [-0.4, -0.2) is 33.9 Å². The number of carbonyl (C=O) groups is 1. The van der Waals surface area contributed by atoms with Gasteiger partial charge in [-0.15, -0.1) is 0 Å². The van der Waals surface area contributed by atoms with E-state index in [0.29, 0.717) is 16.1 Å². The van der Waals surface area contributed by atoms with Crippen molar-refractivity contribution in [3.8, 4) is 17.2 Å². The van der Waals surface area contributed by atoms with Crippen molar-refractivity contribution in [3.05, 3.63) is 51.5 Å². The number of phenolic OH excluding ortho intramolecular Hbond substituents is 3. The summed E-state index contributed by atoms with van der Waals surface area (Å²) in [5.74, 6) is -0.937. The number of aromatic hydroxyl groups is 3. The summed E-state index contributed by atoms with van der Waals surface area (Å²) in [5, 5.41) is 29.1. The minimum atomic E-state index is -0.362. The minimum Gasteiger partial charge on any atom is -0.507 e. The third kappa shape index (κ3) is 3.63. The standard InChI is InChI=1S/C17H16ClNO4/c1-9-5-14(21)12(10(2)17(9)18)7-19-8-16(23)11-3-4-13(20)15(22)6-11/h3-7,20-22H,8H2,1-2H3. The van der Waals surface area contributed by atoms with E-state index in [1.165, 1.54) is 30.5 Å². The number of aryl methyl sites for hydroxylation is 1. The Morgan fingerprint density at radius 1 is 1.13 bits per heavy atom. The molecule has 0 aromatic heterocycles. The van der Waals surface area contributed by atoms with E-state index in [9.17, 15) is 20.1 Å². The summed E-state index contributed by atoms with van der Waals surface area (Å²) in [6, 6.07) is 5.36. The normalized spacial score (nSPS) is 11.1. The Kier molecular flexibility index (Phi) is 4.91. The molecule has 23 heavy (non-hydrogen) atoms. The maximum absolute atomic E-state index is 12.0. The third-order valence-corrected chi connectivity index (χ3v) is 4.04. The molecule has 120 valence electrons. The quantitative estimate of drug-likeness (QED) is 0.454. The van der Waals surface area contributed by atoms with Crippen LogP contribution in [0.4, 0.5) is 0 Å². The monoisotopic (exact) mass is 333 g/mol. The Hall–Kier alpha value is -2.53. The zero-order chi connectivity index (χ0) is 17.1. The lowest BCUT2D eigenvalue weighted by Gasteiger charge is -2.08. The SMILES string of the molecule is Cc1cc(O)c(C=NCC(=O)c2ccc(O)c(O)c2)c(C)c1Cl. The summed E-state index contributed by atoms with van der Waals surface area (Å²) in [6.45, 7) is 3.39. The molecule has 0 saturated carbocycles. The molecule has 5 nitrogen and oxygen atoms in total. The summed E-state index contributed by atoms with van der Waals surface area (Å²) < 4.78 is 0. The molecule has 2 aromatic carbocycles. The highest BCUT2D eigenvalue weighted by atomic mass is 35.5. The van der Waals surface area contributed by atoms with E-state index in [0.717, 1.165) is 5.56 Å². The molecule has 0 aliphatic carbocycles. The van der Waals surface area contributed by atoms with Gasteiger partial charge in [-0.1, -0.05) is 11.6 Å². The zero-order valence-electron chi connectivity index (χ0n) is 12.7. The van der Waals surface area contributed by atoms with Gasteiger partial charge < -0.3 is 15.3 Å². The summed E-state index contributed by atoms with van der Waals surface area (Å²) in [5.41, 5.74) is 2.14. The Morgan fingerprint density at radius 2 is 1.83 bits per heavy atom. The van der Waals surface area contributed by atoms with Gasteiger partial charge in [0.05, 0.1) is 0 Å². The molecule has 0 unspecified atom stereocenters. The van der Waals surface area contributed by atoms with Gasteiger partial charge in [0.1, 0.15) is 12.3 Å². The maximum Gasteiger partial charge on any atom is 0.184 e. The summed E-state index contributed by atoms with van der Waals surface area (Å²) >= 11 is 6.13. The molecule has 2 aromatic rings. The van der Waals surface area contributed by atoms with Gasteiger partial charge >= 0.3 is 0 Å². The van der Waals surface area contributed by atoms with Gasteiger partial charge in [-0.3, -0.25) is 9.79 Å². The van der Waals surface area contributed by atoms with Gasteiger partial charge in [-0.05, 0) is 49.2 Å². The molecule has 0 saturated heterocycles. The van der Waals surface area contributed by atoms with Crippen LogP contribution < -0.4 is 0 Å². The molecule has 0 aliphatic heterocycles. The van der Waals surface area contributed by atoms with Crippen LogP contribution >= 0.6 is 11.6 Å². The van der Waals surface area contributed by atoms with Crippen molar-refractivity contribution in [3.63, 3.8) is 0 Å². The lowest BCUT2D eigenvalue weighted by molar-refractivity contribution is 0.100. The number of hydrogen-bond acceptors (Lipinski definition) is 5. The molecule has 0 radical (unpaired) electrons. The molecule has 0 heterocycles. The number of benzene rings is 2. The van der Waals surface area contributed by atoms with Crippen LogP contribution in [0.1, 0.15) is 27.0 Å². The molecule has 2 rings (SSSR count). The van der Waals surface area contributed by atoms with Gasteiger partial charge in [0, 0.05) is 22.4 Å². The fraction of sp³-hybridized carbons (Fsp3) is 0.176. The fourth-order valence-corrected chi connectivity index (χ4v) is 2.28. The second kappa shape index (κ2) is 6.71. The molecule has 3 N–H and O–H groups in total. The number of hydrogen-bond donors (Lipinski definition) is 3. The number of rotatable bonds is 4. The van der Waals surface area contributed by atoms with Crippen LogP contribution in [0.2, 0.25) is 5.02 Å². The first-order valence-corrected chi connectivity index (χ1v) is 7.22. The Bertz CT molecular complexity index is 800. The van der Waals surface area contributed by atoms with Crippen molar-refractivity contribution >= 4 is 23.6 Å². The molecule has 0 amide bonds. The molecule has 0 aliphatic rings. The molecule has 0 bridgehead atoms. The second-order valence-electron chi connectivity index (χ2n) is 5.16. The van der Waals surface area contributed by atoms with Crippen molar-refractivity contribution in [2.75, 3.05) is 6.54 Å². The number of aliphatic imine (C=N–C) groups is 1. The van der Waals surface area contributed by atoms with Crippen molar-refractivity contribution in [1.29, 1.82) is 0 Å². The molecule has 6 heteroatoms. The number of carbonyl (C=O) groups excluding carboxylic acids is 1. The largest absolute Gasteiger partial charge is 0.507 e. The Balaban J connectivity index is 2.17. The van der Waals surface area contributed by atoms with E-state index < -0.39 is 0 Å². The first kappa shape index (κ1) is 16.8. The van der Waals surface area contributed by atoms with Gasteiger partial charge in [0.25, 0.3) is 0 Å². The first-order valence-electron chi connectivity index (χ1n) is 6.85. The number of Topliss-reactive ketones (excluding diaryl/α,β-unsaturated/α-hetero) is 1. The summed E-state index contributed by atoms with van der Waals surface area (Å²) in [4.78, 5) is 16.0. The van der Waals surface area contributed by atoms with Crippen LogP contribution in [0.5, 0.6) is 17.2 Å². The number of nitrogens with zero attached hydrogens (tertiary/aromatic N) is 1. The highest BCUT2D eigenvalue weighted by molar-refractivity contribution is 6.32. The van der Waals surface area contributed by atoms with E-state index >= 15 is 0 Å². The smallest absolute Gasteiger partial charge is 0.184 e. The predicted molar refractivity (Wildman–Crippen MR) is 89.2 cm³/mol. The van der Waals surface area contributed by atoms with E-state index in [4.69, 9.17) is 11.6 Å². The van der Waals surface area contributed by atoms with Crippen LogP contribution in [0, 0.1) is 13.8 Å². The molecular weight excluding hydrogens is 318 g/mol. The van der Waals surface area contributed by atoms with Crippen LogP contribution in [0.25, 0.3) is 0 Å². The van der Waals surface area contributed by atoms with E-state index in [-0.39, 0.29) is 35.1 Å². The van der Waals surface area contributed by atoms with Crippen LogP contribution in [0.15, 0.2) is 29.3 Å². The molecule has 0 atom stereocenters. The predicted octanol–water partition coefficient (Wildman–Crippen LogP) is 3.38. The van der Waals surface area contributed by atoms with E-state index in [2.05, 4.69) is 4.99 Å². The van der Waals surface area contributed by atoms with Gasteiger partial charge in [0.2, 0.25) is 0 Å². The van der Waals surface area contributed by atoms with Gasteiger partial charge in [-0.2, -0.15) is 0 Å². The first-order chi connectivity index (χ1) is 10.8. The van der Waals surface area contributed by atoms with E-state index in [1.807, 2.05) is 0 Å². The fourth-order valence-electron chi connectivity index (χ4n) is 2.12.